The van der Waals surface area contributed by atoms with E-state index >= 15 is 0 Å². The van der Waals surface area contributed by atoms with Crippen LogP contribution < -0.4 is 38.0 Å². The molecule has 6 aromatic heterocycles. The van der Waals surface area contributed by atoms with Crippen molar-refractivity contribution in [2.75, 3.05) is 54.1 Å². The third-order valence-electron chi connectivity index (χ3n) is 13.3. The van der Waals surface area contributed by atoms with Gasteiger partial charge < -0.3 is 36.5 Å². The molecule has 0 aliphatic carbocycles. The number of sulfone groups is 3. The Balaban J connectivity index is 0.000000178. The number of nitrogens with two attached hydrogens (primary N) is 2. The second-order valence-electron chi connectivity index (χ2n) is 21.8. The fraction of sp³-hybridized carbons (Fsp3) is 0.263. The Bertz CT molecular complexity index is 4970. The molecule has 5 aromatic carbocycles. The van der Waals surface area contributed by atoms with Gasteiger partial charge in [0.15, 0.2) is 29.5 Å². The van der Waals surface area contributed by atoms with Crippen molar-refractivity contribution in [3.63, 3.8) is 0 Å². The third kappa shape index (κ3) is 17.9. The number of aryl methyl sites for hydroxylation is 2. The van der Waals surface area contributed by atoms with E-state index in [0.29, 0.717) is 22.8 Å². The number of hydrogen-bond acceptors (Lipinski definition) is 25. The van der Waals surface area contributed by atoms with Crippen molar-refractivity contribution >= 4 is 153 Å². The van der Waals surface area contributed by atoms with Crippen LogP contribution in [0.5, 0.6) is 0 Å². The van der Waals surface area contributed by atoms with Crippen LogP contribution in [0.3, 0.4) is 0 Å². The molecule has 11 rings (SSSR count). The monoisotopic (exact) mass is 1420 g/mol. The van der Waals surface area contributed by atoms with Crippen LogP contribution in [0.2, 0.25) is 15.9 Å². The van der Waals surface area contributed by atoms with E-state index in [4.69, 9.17) is 46.3 Å². The van der Waals surface area contributed by atoms with Gasteiger partial charge in [-0.3, -0.25) is 0 Å². The molecular formula is C57H67Cl3N20O8P2S3. The van der Waals surface area contributed by atoms with E-state index in [-0.39, 0.29) is 59.9 Å². The summed E-state index contributed by atoms with van der Waals surface area (Å²) in [6.45, 7) is 20.6. The van der Waals surface area contributed by atoms with Gasteiger partial charge >= 0.3 is 0 Å². The summed E-state index contributed by atoms with van der Waals surface area (Å²) in [5.74, 6) is 1.61. The zero-order valence-electron chi connectivity index (χ0n) is 52.2. The number of fused-ring (bicyclic) bond motifs is 3. The molecule has 36 heteroatoms. The van der Waals surface area contributed by atoms with Gasteiger partial charge in [0.2, 0.25) is 33.7 Å². The molecule has 0 atom stereocenters. The fourth-order valence-corrected chi connectivity index (χ4v) is 13.9. The summed E-state index contributed by atoms with van der Waals surface area (Å²) in [5.41, 5.74) is 15.7. The normalized spacial score (nSPS) is 11.9. The van der Waals surface area contributed by atoms with E-state index in [1.807, 2.05) is 50.2 Å². The highest BCUT2D eigenvalue weighted by molar-refractivity contribution is 7.92. The molecule has 28 nitrogen and oxygen atoms in total. The van der Waals surface area contributed by atoms with Gasteiger partial charge in [-0.05, 0) is 201 Å². The maximum absolute atomic E-state index is 12.9. The topological polar surface area (TPSA) is 393 Å². The van der Waals surface area contributed by atoms with Gasteiger partial charge in [-0.1, -0.05) is 36.4 Å². The number of nitrogens with one attached hydrogen (secondary N) is 3. The summed E-state index contributed by atoms with van der Waals surface area (Å²) in [6, 6.07) is 30.8. The molecule has 6 heterocycles. The highest BCUT2D eigenvalue weighted by atomic mass is 35.5. The first-order valence-corrected chi connectivity index (χ1v) is 38.8. The van der Waals surface area contributed by atoms with Crippen molar-refractivity contribution < 1.29 is 34.4 Å². The molecule has 93 heavy (non-hydrogen) atoms. The molecule has 0 fully saturated rings. The first-order valence-electron chi connectivity index (χ1n) is 27.8. The first kappa shape index (κ1) is 72.2. The van der Waals surface area contributed by atoms with E-state index in [9.17, 15) is 34.4 Å². The fourth-order valence-electron chi connectivity index (χ4n) is 7.94. The zero-order chi connectivity index (χ0) is 68.5. The number of nitrogens with zero attached hydrogens (tertiary/aromatic N) is 15. The third-order valence-corrected chi connectivity index (χ3v) is 23.5. The van der Waals surface area contributed by atoms with Crippen LogP contribution in [0.25, 0.3) is 17.3 Å². The number of benzene rings is 5. The summed E-state index contributed by atoms with van der Waals surface area (Å²) in [4.78, 5) is 36.7. The number of hydrogen-bond donors (Lipinski definition) is 5. The zero-order valence-corrected chi connectivity index (χ0v) is 58.7. The van der Waals surface area contributed by atoms with Crippen LogP contribution in [0.15, 0.2) is 143 Å². The second-order valence-corrected chi connectivity index (χ2v) is 36.7. The van der Waals surface area contributed by atoms with Gasteiger partial charge in [0, 0.05) is 22.0 Å². The van der Waals surface area contributed by atoms with Crippen molar-refractivity contribution in [3.05, 3.63) is 155 Å². The van der Waals surface area contributed by atoms with E-state index < -0.39 is 59.5 Å². The van der Waals surface area contributed by atoms with Gasteiger partial charge in [-0.25, -0.2) is 25.3 Å². The number of halogens is 3. The highest BCUT2D eigenvalue weighted by Crippen LogP contribution is 2.37. The molecule has 0 saturated carbocycles. The number of aromatic nitrogens is 15. The van der Waals surface area contributed by atoms with Crippen molar-refractivity contribution in [1.29, 1.82) is 0 Å². The SMILES string of the molecule is CC(C)S(=O)(=O)c1ccccc1N.CC(C)S(=O)(=O)c1ccccc1Nc1nc(Cl)nc2ncnn12.Cc1cc(P(C)(C)=O)ccc1N.Cc1cc(P(C)(C)=O)ccc1Nc1nc(Nc2ccccc2S(=O)(=O)C(C)C)n2ncnc2n1.Clc1nc(Cl)n2ncnc2n1. The number of anilines is 8. The molecule has 11 aromatic rings. The largest absolute Gasteiger partial charge is 0.399 e. The van der Waals surface area contributed by atoms with E-state index in [2.05, 4.69) is 76.1 Å². The van der Waals surface area contributed by atoms with Crippen molar-refractivity contribution in [3.8, 4) is 0 Å². The van der Waals surface area contributed by atoms with Gasteiger partial charge in [0.25, 0.3) is 17.3 Å². The number of nitrogen functional groups attached to an aromatic ring is 2. The Morgan fingerprint density at radius 1 is 0.441 bits per heavy atom. The summed E-state index contributed by atoms with van der Waals surface area (Å²) >= 11 is 17.0. The average molecular weight is 1420 g/mol. The van der Waals surface area contributed by atoms with Crippen molar-refractivity contribution in [2.45, 2.75) is 85.8 Å². The summed E-state index contributed by atoms with van der Waals surface area (Å²) < 4.78 is 102. The Morgan fingerprint density at radius 2 is 0.839 bits per heavy atom. The van der Waals surface area contributed by atoms with Gasteiger partial charge in [0.05, 0.1) is 47.5 Å². The van der Waals surface area contributed by atoms with E-state index in [0.717, 1.165) is 33.1 Å². The minimum absolute atomic E-state index is 0.0165. The quantitative estimate of drug-likeness (QED) is 0.0499. The predicted octanol–water partition coefficient (Wildman–Crippen LogP) is 9.95. The molecule has 0 aliphatic heterocycles. The Morgan fingerprint density at radius 3 is 1.30 bits per heavy atom. The molecule has 492 valence electrons. The lowest BCUT2D eigenvalue weighted by Gasteiger charge is -2.15. The van der Waals surface area contributed by atoms with Crippen LogP contribution in [-0.4, -0.2) is 141 Å². The molecule has 0 unspecified atom stereocenters. The maximum Gasteiger partial charge on any atom is 0.258 e. The Labute approximate surface area is 552 Å². The maximum atomic E-state index is 12.9. The van der Waals surface area contributed by atoms with Crippen LogP contribution in [-0.2, 0) is 38.6 Å². The van der Waals surface area contributed by atoms with Gasteiger partial charge in [-0.2, -0.15) is 73.7 Å². The summed E-state index contributed by atoms with van der Waals surface area (Å²) in [6.07, 6.45) is 3.98. The molecule has 0 saturated heterocycles. The minimum Gasteiger partial charge on any atom is -0.399 e. The van der Waals surface area contributed by atoms with Crippen LogP contribution in [0.4, 0.5) is 46.3 Å². The molecule has 0 radical (unpaired) electrons. The Kier molecular flexibility index (Phi) is 23.1. The smallest absolute Gasteiger partial charge is 0.258 e. The number of rotatable bonds is 14. The van der Waals surface area contributed by atoms with Crippen LogP contribution >= 0.6 is 49.1 Å². The van der Waals surface area contributed by atoms with Crippen LogP contribution in [0, 0.1) is 13.8 Å². The van der Waals surface area contributed by atoms with Crippen LogP contribution in [0.1, 0.15) is 52.7 Å². The second kappa shape index (κ2) is 29.8. The summed E-state index contributed by atoms with van der Waals surface area (Å²) in [5, 5.41) is 21.4. The molecular weight excluding hydrogens is 1360 g/mol. The molecule has 7 N–H and O–H groups in total. The molecule has 0 bridgehead atoms. The van der Waals surface area contributed by atoms with Crippen molar-refractivity contribution in [2.24, 2.45) is 0 Å². The first-order chi connectivity index (χ1) is 43.5. The lowest BCUT2D eigenvalue weighted by atomic mass is 10.2. The van der Waals surface area contributed by atoms with Gasteiger partial charge in [-0.15, -0.1) is 0 Å². The molecule has 0 spiro atoms. The lowest BCUT2D eigenvalue weighted by Crippen LogP contribution is -2.16. The predicted molar refractivity (Wildman–Crippen MR) is 366 cm³/mol. The van der Waals surface area contributed by atoms with Crippen molar-refractivity contribution in [1.82, 2.24) is 73.7 Å². The Hall–Kier alpha value is -8.28. The summed E-state index contributed by atoms with van der Waals surface area (Å²) in [7, 11) is -14.7. The molecule has 0 amide bonds. The minimum atomic E-state index is -3.54. The molecule has 0 aliphatic rings. The highest BCUT2D eigenvalue weighted by Gasteiger charge is 2.26. The number of para-hydroxylation sites is 3. The van der Waals surface area contributed by atoms with E-state index in [1.165, 1.54) is 38.6 Å². The standard InChI is InChI=1S/C22H26N7O3PS.C13H13ClN6O2S.C9H13NO2S.C9H14NOP.C4HCl2N5/c1-14(2)34(31,32)19-9-7-6-8-18(19)26-22-28-20(27-21-23-13-24-29(21)22)25-17-11-10-16(12-15(17)3)33(4,5)30;1-8(2)23(21,22)10-6-4-3-5-9(10)17-13-19-11(14)18-12-15-7-16-20(12)13;1-7(2)13(11,12)9-6-4-3-5-8(9)10;1-7-6-8(12(2,3)11)4-5-9(7)10;5-2-9-3(6)11-4(10-2)7-1-8-11/h6-14H,1-5H3,(H2,23,24,25,26,27,28);3-8H,1-2H3,(H,15,16,17,18,19);3-7H,10H2,1-2H3;4-6H,10H2,1-3H3;1H. The van der Waals surface area contributed by atoms with Gasteiger partial charge in [0.1, 0.15) is 33.3 Å². The van der Waals surface area contributed by atoms with E-state index in [1.54, 1.807) is 135 Å². The lowest BCUT2D eigenvalue weighted by molar-refractivity contribution is 0.586. The average Bonchev–Trinajstić information content (AvgIpc) is 1.78.